The molecule has 1 aliphatic heterocycles. The largest absolute Gasteiger partial charge is 0.499 e. The highest BCUT2D eigenvalue weighted by atomic mass is 16.5. The molecule has 0 N–H and O–H groups in total. The van der Waals surface area contributed by atoms with Crippen LogP contribution in [0.1, 0.15) is 19.8 Å². The van der Waals surface area contributed by atoms with E-state index in [0.29, 0.717) is 0 Å². The Morgan fingerprint density at radius 1 is 1.48 bits per heavy atom. The number of fused-ring (bicyclic) bond motifs is 1. The van der Waals surface area contributed by atoms with Gasteiger partial charge in [-0.1, -0.05) is 6.08 Å². The van der Waals surface area contributed by atoms with Crippen molar-refractivity contribution in [3.8, 4) is 0 Å². The van der Waals surface area contributed by atoms with Crippen LogP contribution in [0.2, 0.25) is 0 Å². The van der Waals surface area contributed by atoms with E-state index in [2.05, 4.69) is 6.58 Å². The summed E-state index contributed by atoms with van der Waals surface area (Å²) in [5.74, 6) is -1.46. The predicted molar refractivity (Wildman–Crippen MR) is 72.3 cm³/mol. The number of methoxy groups -OCH3 is 2. The van der Waals surface area contributed by atoms with Crippen LogP contribution in [0.3, 0.4) is 0 Å². The van der Waals surface area contributed by atoms with E-state index in [-0.39, 0.29) is 24.4 Å². The van der Waals surface area contributed by atoms with Crippen molar-refractivity contribution < 1.29 is 28.6 Å². The van der Waals surface area contributed by atoms with Crippen LogP contribution in [-0.2, 0) is 28.6 Å². The van der Waals surface area contributed by atoms with Gasteiger partial charge in [0.1, 0.15) is 5.76 Å². The van der Waals surface area contributed by atoms with Crippen LogP contribution < -0.4 is 0 Å². The number of rotatable bonds is 3. The fourth-order valence-electron chi connectivity index (χ4n) is 2.93. The van der Waals surface area contributed by atoms with Crippen molar-refractivity contribution in [2.45, 2.75) is 31.5 Å². The summed E-state index contributed by atoms with van der Waals surface area (Å²) in [6.07, 6.45) is 1.59. The summed E-state index contributed by atoms with van der Waals surface area (Å²) in [5.41, 5.74) is -2.63. The molecule has 0 saturated carbocycles. The highest BCUT2D eigenvalue weighted by Crippen LogP contribution is 2.48. The summed E-state index contributed by atoms with van der Waals surface area (Å²) in [6.45, 7) is 5.34. The number of esters is 1. The van der Waals surface area contributed by atoms with E-state index in [1.165, 1.54) is 26.4 Å². The quantitative estimate of drug-likeness (QED) is 0.438. The zero-order valence-corrected chi connectivity index (χ0v) is 12.3. The maximum atomic E-state index is 12.7. The third-order valence-electron chi connectivity index (χ3n) is 4.07. The Hall–Kier alpha value is -1.95. The zero-order chi connectivity index (χ0) is 15.8. The van der Waals surface area contributed by atoms with Crippen molar-refractivity contribution in [3.05, 3.63) is 24.5 Å². The average Bonchev–Trinajstić information content (AvgIpc) is 2.45. The molecule has 1 fully saturated rings. The van der Waals surface area contributed by atoms with Gasteiger partial charge in [-0.25, -0.2) is 0 Å². The molecular formula is C15H18O6. The maximum absolute atomic E-state index is 12.7. The number of Topliss-reactive ketones (excluding diaryl/α,β-unsaturated/α-hetero) is 1. The number of allylic oxidation sites excluding steroid dienone is 1. The number of hydrogen-bond donors (Lipinski definition) is 0. The van der Waals surface area contributed by atoms with E-state index in [1.807, 2.05) is 0 Å². The molecule has 1 aliphatic carbocycles. The van der Waals surface area contributed by atoms with Gasteiger partial charge in [-0.3, -0.25) is 14.4 Å². The molecule has 0 amide bonds. The molecule has 0 aromatic carbocycles. The van der Waals surface area contributed by atoms with Crippen LogP contribution in [-0.4, -0.2) is 43.5 Å². The summed E-state index contributed by atoms with van der Waals surface area (Å²) in [6, 6.07) is 0. The van der Waals surface area contributed by atoms with Crippen LogP contribution >= 0.6 is 0 Å². The lowest BCUT2D eigenvalue weighted by molar-refractivity contribution is -0.193. The van der Waals surface area contributed by atoms with Gasteiger partial charge in [-0.05, 0) is 6.92 Å². The van der Waals surface area contributed by atoms with Crippen LogP contribution in [0.15, 0.2) is 24.5 Å². The first-order valence-electron chi connectivity index (χ1n) is 6.56. The van der Waals surface area contributed by atoms with Gasteiger partial charge in [0, 0.05) is 18.9 Å². The maximum Gasteiger partial charge on any atom is 0.329 e. The van der Waals surface area contributed by atoms with E-state index in [0.717, 1.165) is 0 Å². The Bertz CT molecular complexity index is 548. The lowest BCUT2D eigenvalue weighted by Crippen LogP contribution is -2.62. The monoisotopic (exact) mass is 294 g/mol. The fourth-order valence-corrected chi connectivity index (χ4v) is 2.93. The zero-order valence-electron chi connectivity index (χ0n) is 12.3. The first-order valence-corrected chi connectivity index (χ1v) is 6.56. The second-order valence-corrected chi connectivity index (χ2v) is 5.41. The highest BCUT2D eigenvalue weighted by molar-refractivity contribution is 6.11. The lowest BCUT2D eigenvalue weighted by Gasteiger charge is -2.47. The molecule has 0 radical (unpaired) electrons. The van der Waals surface area contributed by atoms with Crippen molar-refractivity contribution >= 4 is 17.5 Å². The van der Waals surface area contributed by atoms with E-state index >= 15 is 0 Å². The van der Waals surface area contributed by atoms with Crippen LogP contribution in [0.4, 0.5) is 0 Å². The molecule has 1 saturated heterocycles. The Labute approximate surface area is 122 Å². The van der Waals surface area contributed by atoms with Gasteiger partial charge in [0.25, 0.3) is 0 Å². The molecule has 0 unspecified atom stereocenters. The standard InChI is InChI=1S/C15H18O6/c1-5-14(2)8-10(17)15(13(18)20-4)11(19-3)6-9(16)7-12(15)21-14/h5-6,12H,1,7-8H2,2-4H3/t12-,14+,15-/m1/s1. The van der Waals surface area contributed by atoms with Crippen molar-refractivity contribution in [1.82, 2.24) is 0 Å². The first-order chi connectivity index (χ1) is 9.83. The summed E-state index contributed by atoms with van der Waals surface area (Å²) in [5, 5.41) is 0. The van der Waals surface area contributed by atoms with Crippen molar-refractivity contribution in [2.75, 3.05) is 14.2 Å². The van der Waals surface area contributed by atoms with Gasteiger partial charge in [0.2, 0.25) is 5.41 Å². The molecule has 6 heteroatoms. The Morgan fingerprint density at radius 2 is 2.14 bits per heavy atom. The average molecular weight is 294 g/mol. The van der Waals surface area contributed by atoms with Crippen LogP contribution in [0.5, 0.6) is 0 Å². The Morgan fingerprint density at radius 3 is 2.67 bits per heavy atom. The minimum Gasteiger partial charge on any atom is -0.499 e. The van der Waals surface area contributed by atoms with Gasteiger partial charge < -0.3 is 14.2 Å². The summed E-state index contributed by atoms with van der Waals surface area (Å²) in [7, 11) is 2.49. The Kier molecular flexibility index (Phi) is 3.76. The van der Waals surface area contributed by atoms with Crippen LogP contribution in [0, 0.1) is 5.41 Å². The molecule has 3 atom stereocenters. The van der Waals surface area contributed by atoms with Gasteiger partial charge in [0.05, 0.1) is 25.9 Å². The van der Waals surface area contributed by atoms with Crippen molar-refractivity contribution in [3.63, 3.8) is 0 Å². The molecule has 0 spiro atoms. The molecule has 2 aliphatic rings. The number of carbonyl (C=O) groups is 3. The molecular weight excluding hydrogens is 276 g/mol. The van der Waals surface area contributed by atoms with Crippen molar-refractivity contribution in [2.24, 2.45) is 5.41 Å². The van der Waals surface area contributed by atoms with E-state index in [4.69, 9.17) is 14.2 Å². The molecule has 2 rings (SSSR count). The molecule has 6 nitrogen and oxygen atoms in total. The molecule has 1 heterocycles. The minimum absolute atomic E-state index is 0.0216. The molecule has 0 bridgehead atoms. The summed E-state index contributed by atoms with van der Waals surface area (Å²) >= 11 is 0. The van der Waals surface area contributed by atoms with Gasteiger partial charge in [0.15, 0.2) is 11.6 Å². The molecule has 21 heavy (non-hydrogen) atoms. The third-order valence-corrected chi connectivity index (χ3v) is 4.07. The Balaban J connectivity index is 2.62. The SMILES string of the molecule is C=C[C@@]1(C)CC(=O)[C@@]2(C(=O)OC)C(OC)=CC(=O)C[C@H]2O1. The molecule has 0 aromatic rings. The normalized spacial score (nSPS) is 35.6. The smallest absolute Gasteiger partial charge is 0.329 e. The van der Waals surface area contributed by atoms with E-state index in [1.54, 1.807) is 6.92 Å². The fraction of sp³-hybridized carbons (Fsp3) is 0.533. The van der Waals surface area contributed by atoms with Crippen molar-refractivity contribution in [1.29, 1.82) is 0 Å². The summed E-state index contributed by atoms with van der Waals surface area (Å²) in [4.78, 5) is 36.9. The van der Waals surface area contributed by atoms with Gasteiger partial charge in [-0.15, -0.1) is 6.58 Å². The number of carbonyl (C=O) groups excluding carboxylic acids is 3. The first kappa shape index (κ1) is 15.4. The third kappa shape index (κ3) is 2.10. The topological polar surface area (TPSA) is 78.9 Å². The lowest BCUT2D eigenvalue weighted by atomic mass is 9.66. The number of hydrogen-bond acceptors (Lipinski definition) is 6. The summed E-state index contributed by atoms with van der Waals surface area (Å²) < 4.78 is 15.8. The predicted octanol–water partition coefficient (Wildman–Crippen LogP) is 0.952. The van der Waals surface area contributed by atoms with E-state index < -0.39 is 28.9 Å². The molecule has 114 valence electrons. The van der Waals surface area contributed by atoms with Gasteiger partial charge >= 0.3 is 5.97 Å². The van der Waals surface area contributed by atoms with Gasteiger partial charge in [-0.2, -0.15) is 0 Å². The number of ether oxygens (including phenoxy) is 3. The van der Waals surface area contributed by atoms with Crippen LogP contribution in [0.25, 0.3) is 0 Å². The molecule has 0 aromatic heterocycles. The number of ketones is 2. The minimum atomic E-state index is -1.71. The van der Waals surface area contributed by atoms with E-state index in [9.17, 15) is 14.4 Å². The highest BCUT2D eigenvalue weighted by Gasteiger charge is 2.64. The second-order valence-electron chi connectivity index (χ2n) is 5.41. The second kappa shape index (κ2) is 5.11.